The molecule has 5 heteroatoms. The molecule has 0 aliphatic heterocycles. The van der Waals surface area contributed by atoms with Crippen LogP contribution in [0.1, 0.15) is 34.1 Å². The van der Waals surface area contributed by atoms with Crippen LogP contribution in [0.4, 0.5) is 5.69 Å². The average molecular weight is 340 g/mol. The summed E-state index contributed by atoms with van der Waals surface area (Å²) in [6.45, 7) is 7.50. The highest BCUT2D eigenvalue weighted by Gasteiger charge is 2.26. The van der Waals surface area contributed by atoms with E-state index in [0.29, 0.717) is 12.3 Å². The van der Waals surface area contributed by atoms with Crippen LogP contribution in [0.2, 0.25) is 0 Å². The molecule has 1 aromatic heterocycles. The van der Waals surface area contributed by atoms with E-state index in [-0.39, 0.29) is 18.3 Å². The van der Waals surface area contributed by atoms with Crippen molar-refractivity contribution >= 4 is 28.5 Å². The van der Waals surface area contributed by atoms with Gasteiger partial charge in [-0.05, 0) is 39.8 Å². The first-order chi connectivity index (χ1) is 11.8. The monoisotopic (exact) mass is 340 g/mol. The molecule has 0 spiro atoms. The number of para-hydroxylation sites is 1. The highest BCUT2D eigenvalue weighted by Crippen LogP contribution is 2.24. The van der Waals surface area contributed by atoms with Gasteiger partial charge in [-0.3, -0.25) is 14.6 Å². The van der Waals surface area contributed by atoms with Gasteiger partial charge < -0.3 is 10.1 Å². The summed E-state index contributed by atoms with van der Waals surface area (Å²) < 4.78 is 5.06. The van der Waals surface area contributed by atoms with E-state index in [0.717, 1.165) is 16.5 Å². The Morgan fingerprint density at radius 2 is 1.96 bits per heavy atom. The third kappa shape index (κ3) is 4.89. The van der Waals surface area contributed by atoms with Gasteiger partial charge in [-0.1, -0.05) is 29.8 Å². The van der Waals surface area contributed by atoms with Crippen molar-refractivity contribution in [3.63, 3.8) is 0 Å². The van der Waals surface area contributed by atoms with Gasteiger partial charge in [0, 0.05) is 18.0 Å². The molecule has 1 N–H and O–H groups in total. The fourth-order valence-corrected chi connectivity index (χ4v) is 2.70. The van der Waals surface area contributed by atoms with Crippen molar-refractivity contribution in [3.8, 4) is 0 Å². The van der Waals surface area contributed by atoms with Crippen LogP contribution >= 0.6 is 0 Å². The molecule has 0 unspecified atom stereocenters. The van der Waals surface area contributed by atoms with Gasteiger partial charge in [-0.25, -0.2) is 0 Å². The Labute approximate surface area is 148 Å². The van der Waals surface area contributed by atoms with Crippen molar-refractivity contribution in [1.29, 1.82) is 0 Å². The quantitative estimate of drug-likeness (QED) is 0.635. The van der Waals surface area contributed by atoms with E-state index >= 15 is 0 Å². The number of fused-ring (bicyclic) bond motifs is 1. The SMILES string of the molecule is CCOC(=O)C(C)(C)/C=C(\C)CC(=O)Nc1cccc2cccnc12. The van der Waals surface area contributed by atoms with E-state index in [2.05, 4.69) is 10.3 Å². The lowest BCUT2D eigenvalue weighted by molar-refractivity contribution is -0.150. The molecule has 0 radical (unpaired) electrons. The molecule has 0 atom stereocenters. The number of rotatable bonds is 6. The number of benzene rings is 1. The molecule has 1 heterocycles. The van der Waals surface area contributed by atoms with E-state index < -0.39 is 5.41 Å². The summed E-state index contributed by atoms with van der Waals surface area (Å²) >= 11 is 0. The molecule has 1 aromatic carbocycles. The third-order valence-corrected chi connectivity index (χ3v) is 3.75. The third-order valence-electron chi connectivity index (χ3n) is 3.75. The number of hydrogen-bond donors (Lipinski definition) is 1. The number of aromatic nitrogens is 1. The summed E-state index contributed by atoms with van der Waals surface area (Å²) in [6.07, 6.45) is 3.68. The Hall–Kier alpha value is -2.69. The number of nitrogens with one attached hydrogen (secondary N) is 1. The molecule has 0 aliphatic rings. The zero-order chi connectivity index (χ0) is 18.4. The van der Waals surface area contributed by atoms with Crippen molar-refractivity contribution in [2.45, 2.75) is 34.1 Å². The first kappa shape index (κ1) is 18.6. The maximum atomic E-state index is 12.4. The Balaban J connectivity index is 2.09. The predicted octanol–water partition coefficient (Wildman–Crippen LogP) is 4.10. The van der Waals surface area contributed by atoms with Gasteiger partial charge in [0.05, 0.1) is 23.2 Å². The molecule has 2 rings (SSSR count). The van der Waals surface area contributed by atoms with Crippen molar-refractivity contribution in [2.75, 3.05) is 11.9 Å². The summed E-state index contributed by atoms with van der Waals surface area (Å²) in [5.41, 5.74) is 1.48. The smallest absolute Gasteiger partial charge is 0.315 e. The minimum Gasteiger partial charge on any atom is -0.465 e. The molecule has 5 nitrogen and oxygen atoms in total. The van der Waals surface area contributed by atoms with Crippen molar-refractivity contribution < 1.29 is 14.3 Å². The maximum Gasteiger partial charge on any atom is 0.315 e. The molecule has 0 saturated heterocycles. The molecular formula is C20H24N2O3. The number of carbonyl (C=O) groups is 2. The molecule has 0 fully saturated rings. The van der Waals surface area contributed by atoms with Gasteiger partial charge in [-0.2, -0.15) is 0 Å². The van der Waals surface area contributed by atoms with E-state index in [1.807, 2.05) is 37.3 Å². The van der Waals surface area contributed by atoms with Crippen LogP contribution in [-0.2, 0) is 14.3 Å². The van der Waals surface area contributed by atoms with Crippen LogP contribution in [0.15, 0.2) is 48.2 Å². The molecule has 0 bridgehead atoms. The van der Waals surface area contributed by atoms with Crippen LogP contribution < -0.4 is 5.32 Å². The number of amides is 1. The second-order valence-corrected chi connectivity index (χ2v) is 6.54. The highest BCUT2D eigenvalue weighted by atomic mass is 16.5. The lowest BCUT2D eigenvalue weighted by Crippen LogP contribution is -2.25. The minimum atomic E-state index is -0.763. The fraction of sp³-hybridized carbons (Fsp3) is 0.350. The number of ether oxygens (including phenoxy) is 1. The molecule has 25 heavy (non-hydrogen) atoms. The van der Waals surface area contributed by atoms with E-state index in [4.69, 9.17) is 4.74 Å². The number of pyridine rings is 1. The Kier molecular flexibility index (Phi) is 5.91. The van der Waals surface area contributed by atoms with Gasteiger partial charge in [0.1, 0.15) is 0 Å². The second kappa shape index (κ2) is 7.92. The van der Waals surface area contributed by atoms with Crippen LogP contribution in [0.3, 0.4) is 0 Å². The number of nitrogens with zero attached hydrogens (tertiary/aromatic N) is 1. The van der Waals surface area contributed by atoms with Crippen molar-refractivity contribution in [3.05, 3.63) is 48.2 Å². The van der Waals surface area contributed by atoms with E-state index in [1.165, 1.54) is 0 Å². The molecule has 2 aromatic rings. The van der Waals surface area contributed by atoms with E-state index in [1.54, 1.807) is 33.0 Å². The molecular weight excluding hydrogens is 316 g/mol. The fourth-order valence-electron chi connectivity index (χ4n) is 2.70. The average Bonchev–Trinajstić information content (AvgIpc) is 2.54. The van der Waals surface area contributed by atoms with Crippen LogP contribution in [-0.4, -0.2) is 23.5 Å². The first-order valence-electron chi connectivity index (χ1n) is 8.32. The summed E-state index contributed by atoms with van der Waals surface area (Å²) in [7, 11) is 0. The zero-order valence-electron chi connectivity index (χ0n) is 15.1. The predicted molar refractivity (Wildman–Crippen MR) is 99.2 cm³/mol. The van der Waals surface area contributed by atoms with Crippen molar-refractivity contribution in [2.24, 2.45) is 5.41 Å². The standard InChI is InChI=1S/C20H24N2O3/c1-5-25-19(24)20(3,4)13-14(2)12-17(23)22-16-10-6-8-15-9-7-11-21-18(15)16/h6-11,13H,5,12H2,1-4H3,(H,22,23)/b14-13+. The molecule has 0 aliphatic carbocycles. The lowest BCUT2D eigenvalue weighted by atomic mass is 9.90. The second-order valence-electron chi connectivity index (χ2n) is 6.54. The summed E-state index contributed by atoms with van der Waals surface area (Å²) in [5.74, 6) is -0.445. The van der Waals surface area contributed by atoms with Crippen LogP contribution in [0.5, 0.6) is 0 Å². The summed E-state index contributed by atoms with van der Waals surface area (Å²) in [6, 6.07) is 9.47. The zero-order valence-corrected chi connectivity index (χ0v) is 15.1. The van der Waals surface area contributed by atoms with Gasteiger partial charge in [0.25, 0.3) is 0 Å². The van der Waals surface area contributed by atoms with Gasteiger partial charge in [-0.15, -0.1) is 0 Å². The van der Waals surface area contributed by atoms with Crippen LogP contribution in [0, 0.1) is 5.41 Å². The maximum absolute atomic E-state index is 12.4. The topological polar surface area (TPSA) is 68.3 Å². The minimum absolute atomic E-state index is 0.147. The van der Waals surface area contributed by atoms with Gasteiger partial charge >= 0.3 is 5.97 Å². The molecule has 132 valence electrons. The Bertz CT molecular complexity index is 804. The number of carbonyl (C=O) groups excluding carboxylic acids is 2. The first-order valence-corrected chi connectivity index (χ1v) is 8.32. The number of anilines is 1. The summed E-state index contributed by atoms with van der Waals surface area (Å²) in [4.78, 5) is 28.6. The Morgan fingerprint density at radius 3 is 2.68 bits per heavy atom. The van der Waals surface area contributed by atoms with Gasteiger partial charge in [0.15, 0.2) is 0 Å². The number of esters is 1. The Morgan fingerprint density at radius 1 is 1.24 bits per heavy atom. The normalized spacial score (nSPS) is 12.1. The largest absolute Gasteiger partial charge is 0.465 e. The lowest BCUT2D eigenvalue weighted by Gasteiger charge is -2.19. The van der Waals surface area contributed by atoms with Crippen molar-refractivity contribution in [1.82, 2.24) is 4.98 Å². The summed E-state index contributed by atoms with van der Waals surface area (Å²) in [5, 5.41) is 3.87. The number of hydrogen-bond acceptors (Lipinski definition) is 4. The highest BCUT2D eigenvalue weighted by molar-refractivity contribution is 6.00. The molecule has 0 saturated carbocycles. The van der Waals surface area contributed by atoms with E-state index in [9.17, 15) is 9.59 Å². The van der Waals surface area contributed by atoms with Crippen LogP contribution in [0.25, 0.3) is 10.9 Å². The molecule has 1 amide bonds. The van der Waals surface area contributed by atoms with Gasteiger partial charge in [0.2, 0.25) is 5.91 Å².